The van der Waals surface area contributed by atoms with Crippen molar-refractivity contribution in [2.24, 2.45) is 5.92 Å². The summed E-state index contributed by atoms with van der Waals surface area (Å²) in [6.45, 7) is 3.29. The molecule has 2 N–H and O–H groups in total. The van der Waals surface area contributed by atoms with Crippen molar-refractivity contribution in [3.8, 4) is 0 Å². The number of piperidine rings is 1. The van der Waals surface area contributed by atoms with E-state index in [2.05, 4.69) is 45.4 Å². The van der Waals surface area contributed by atoms with Crippen LogP contribution in [0.1, 0.15) is 12.8 Å². The molecule has 2 nitrogen and oxygen atoms in total. The van der Waals surface area contributed by atoms with Crippen LogP contribution in [0.3, 0.4) is 0 Å². The highest BCUT2D eigenvalue weighted by molar-refractivity contribution is 14.1. The molecule has 0 aliphatic carbocycles. The molecule has 1 aliphatic rings. The van der Waals surface area contributed by atoms with Crippen LogP contribution in [-0.2, 0) is 0 Å². The summed E-state index contributed by atoms with van der Waals surface area (Å²) in [5, 5.41) is 7.67. The first-order valence-corrected chi connectivity index (χ1v) is 7.11. The molecule has 1 atom stereocenters. The van der Waals surface area contributed by atoms with Gasteiger partial charge in [-0.3, -0.25) is 0 Å². The third kappa shape index (κ3) is 3.50. The van der Waals surface area contributed by atoms with E-state index in [1.54, 1.807) is 0 Å². The van der Waals surface area contributed by atoms with Crippen LogP contribution in [0.5, 0.6) is 0 Å². The lowest BCUT2D eigenvalue weighted by Crippen LogP contribution is -2.33. The number of benzene rings is 1. The average molecular weight is 351 g/mol. The summed E-state index contributed by atoms with van der Waals surface area (Å²) in [4.78, 5) is 0. The van der Waals surface area contributed by atoms with Crippen molar-refractivity contribution in [2.75, 3.05) is 25.0 Å². The van der Waals surface area contributed by atoms with Gasteiger partial charge in [0.15, 0.2) is 0 Å². The Kier molecular flexibility index (Phi) is 4.73. The standard InChI is InChI=1S/C12H16ClIN2/c13-11-6-10(14)3-4-12(11)16-8-9-2-1-5-15-7-9/h3-4,6,9,15-16H,1-2,5,7-8H2. The highest BCUT2D eigenvalue weighted by Crippen LogP contribution is 2.24. The van der Waals surface area contributed by atoms with Crippen LogP contribution in [-0.4, -0.2) is 19.6 Å². The van der Waals surface area contributed by atoms with E-state index >= 15 is 0 Å². The third-order valence-corrected chi connectivity index (χ3v) is 3.89. The molecule has 0 radical (unpaired) electrons. The van der Waals surface area contributed by atoms with Gasteiger partial charge in [0.25, 0.3) is 0 Å². The zero-order chi connectivity index (χ0) is 11.4. The van der Waals surface area contributed by atoms with Crippen molar-refractivity contribution in [1.82, 2.24) is 5.32 Å². The SMILES string of the molecule is Clc1cc(I)ccc1NCC1CCCNC1. The first-order valence-electron chi connectivity index (χ1n) is 5.65. The van der Waals surface area contributed by atoms with Crippen LogP contribution in [0.4, 0.5) is 5.69 Å². The minimum atomic E-state index is 0.726. The molecule has 1 heterocycles. The monoisotopic (exact) mass is 350 g/mol. The Morgan fingerprint density at radius 1 is 1.50 bits per heavy atom. The minimum Gasteiger partial charge on any atom is -0.384 e. The first kappa shape index (κ1) is 12.5. The molecule has 88 valence electrons. The van der Waals surface area contributed by atoms with Crippen LogP contribution < -0.4 is 10.6 Å². The van der Waals surface area contributed by atoms with Crippen molar-refractivity contribution >= 4 is 39.9 Å². The molecular weight excluding hydrogens is 335 g/mol. The summed E-state index contributed by atoms with van der Waals surface area (Å²) >= 11 is 8.44. The smallest absolute Gasteiger partial charge is 0.0648 e. The van der Waals surface area contributed by atoms with E-state index in [0.29, 0.717) is 0 Å². The van der Waals surface area contributed by atoms with Crippen molar-refractivity contribution in [3.63, 3.8) is 0 Å². The van der Waals surface area contributed by atoms with E-state index in [9.17, 15) is 0 Å². The average Bonchev–Trinajstić information content (AvgIpc) is 2.29. The van der Waals surface area contributed by atoms with Gasteiger partial charge >= 0.3 is 0 Å². The fourth-order valence-electron chi connectivity index (χ4n) is 1.99. The second-order valence-corrected chi connectivity index (χ2v) is 5.87. The van der Waals surface area contributed by atoms with Gasteiger partial charge in [0.05, 0.1) is 10.7 Å². The molecule has 16 heavy (non-hydrogen) atoms. The van der Waals surface area contributed by atoms with Crippen molar-refractivity contribution < 1.29 is 0 Å². The molecule has 2 rings (SSSR count). The fourth-order valence-corrected chi connectivity index (χ4v) is 2.91. The second-order valence-electron chi connectivity index (χ2n) is 4.22. The summed E-state index contributed by atoms with van der Waals surface area (Å²) in [7, 11) is 0. The Balaban J connectivity index is 1.88. The molecule has 1 unspecified atom stereocenters. The maximum absolute atomic E-state index is 6.16. The van der Waals surface area contributed by atoms with E-state index < -0.39 is 0 Å². The summed E-state index contributed by atoms with van der Waals surface area (Å²) < 4.78 is 1.17. The summed E-state index contributed by atoms with van der Waals surface area (Å²) in [5.41, 5.74) is 1.05. The molecule has 0 amide bonds. The zero-order valence-electron chi connectivity index (χ0n) is 9.10. The Bertz CT molecular complexity index is 351. The maximum atomic E-state index is 6.16. The van der Waals surface area contributed by atoms with Gasteiger partial charge in [0.2, 0.25) is 0 Å². The van der Waals surface area contributed by atoms with Crippen LogP contribution in [0.25, 0.3) is 0 Å². The van der Waals surface area contributed by atoms with Gasteiger partial charge in [-0.2, -0.15) is 0 Å². The highest BCUT2D eigenvalue weighted by Gasteiger charge is 2.12. The van der Waals surface area contributed by atoms with E-state index in [4.69, 9.17) is 11.6 Å². The molecule has 1 saturated heterocycles. The van der Waals surface area contributed by atoms with Gasteiger partial charge in [-0.1, -0.05) is 11.6 Å². The number of hydrogen-bond donors (Lipinski definition) is 2. The molecule has 0 spiro atoms. The molecule has 0 aromatic heterocycles. The van der Waals surface area contributed by atoms with Gasteiger partial charge < -0.3 is 10.6 Å². The fraction of sp³-hybridized carbons (Fsp3) is 0.500. The molecule has 4 heteroatoms. The van der Waals surface area contributed by atoms with Crippen molar-refractivity contribution in [3.05, 3.63) is 26.8 Å². The van der Waals surface area contributed by atoms with Gasteiger partial charge in [-0.05, 0) is 72.6 Å². The van der Waals surface area contributed by atoms with E-state index in [1.807, 2.05) is 6.07 Å². The lowest BCUT2D eigenvalue weighted by atomic mass is 10.00. The molecule has 1 aliphatic heterocycles. The number of rotatable bonds is 3. The second kappa shape index (κ2) is 6.07. The third-order valence-electron chi connectivity index (χ3n) is 2.91. The quantitative estimate of drug-likeness (QED) is 0.817. The largest absolute Gasteiger partial charge is 0.384 e. The first-order chi connectivity index (χ1) is 7.75. The number of hydrogen-bond acceptors (Lipinski definition) is 2. The Labute approximate surface area is 115 Å². The van der Waals surface area contributed by atoms with E-state index in [-0.39, 0.29) is 0 Å². The van der Waals surface area contributed by atoms with E-state index in [1.165, 1.54) is 23.0 Å². The van der Waals surface area contributed by atoms with Crippen LogP contribution in [0.15, 0.2) is 18.2 Å². The topological polar surface area (TPSA) is 24.1 Å². The van der Waals surface area contributed by atoms with E-state index in [0.717, 1.165) is 29.7 Å². The van der Waals surface area contributed by atoms with Crippen molar-refractivity contribution in [2.45, 2.75) is 12.8 Å². The Hall–Kier alpha value is -0.000000000000000132. The summed E-state index contributed by atoms with van der Waals surface area (Å²) in [5.74, 6) is 0.726. The van der Waals surface area contributed by atoms with Crippen LogP contribution in [0, 0.1) is 9.49 Å². The normalized spacial score (nSPS) is 20.8. The molecule has 0 saturated carbocycles. The molecule has 1 fully saturated rings. The predicted octanol–water partition coefficient (Wildman–Crippen LogP) is 3.36. The Morgan fingerprint density at radius 3 is 3.06 bits per heavy atom. The van der Waals surface area contributed by atoms with Crippen LogP contribution >= 0.6 is 34.2 Å². The van der Waals surface area contributed by atoms with Gasteiger partial charge in [0.1, 0.15) is 0 Å². The lowest BCUT2D eigenvalue weighted by molar-refractivity contribution is 0.393. The number of halogens is 2. The minimum absolute atomic E-state index is 0.726. The molecule has 0 bridgehead atoms. The summed E-state index contributed by atoms with van der Waals surface area (Å²) in [6, 6.07) is 6.12. The summed E-state index contributed by atoms with van der Waals surface area (Å²) in [6.07, 6.45) is 2.59. The number of nitrogens with one attached hydrogen (secondary N) is 2. The highest BCUT2D eigenvalue weighted by atomic mass is 127. The molecule has 1 aromatic rings. The van der Waals surface area contributed by atoms with Crippen LogP contribution in [0.2, 0.25) is 5.02 Å². The molecule has 1 aromatic carbocycles. The zero-order valence-corrected chi connectivity index (χ0v) is 12.0. The van der Waals surface area contributed by atoms with Crippen molar-refractivity contribution in [1.29, 1.82) is 0 Å². The Morgan fingerprint density at radius 2 is 2.38 bits per heavy atom. The lowest BCUT2D eigenvalue weighted by Gasteiger charge is -2.23. The van der Waals surface area contributed by atoms with Gasteiger partial charge in [-0.15, -0.1) is 0 Å². The predicted molar refractivity (Wildman–Crippen MR) is 78.3 cm³/mol. The number of anilines is 1. The molecular formula is C12H16ClIN2. The van der Waals surface area contributed by atoms with Gasteiger partial charge in [-0.25, -0.2) is 0 Å². The maximum Gasteiger partial charge on any atom is 0.0648 e. The van der Waals surface area contributed by atoms with Gasteiger partial charge in [0, 0.05) is 10.1 Å².